The maximum absolute atomic E-state index is 12.7. The van der Waals surface area contributed by atoms with E-state index in [0.29, 0.717) is 58.7 Å². The molecule has 0 saturated heterocycles. The molecule has 2 aromatic heterocycles. The second kappa shape index (κ2) is 9.60. The maximum Gasteiger partial charge on any atom is 0.234 e. The van der Waals surface area contributed by atoms with Gasteiger partial charge in [0.05, 0.1) is 29.3 Å². The lowest BCUT2D eigenvalue weighted by Crippen LogP contribution is -2.18. The van der Waals surface area contributed by atoms with Crippen LogP contribution in [0.2, 0.25) is 5.02 Å². The molecule has 1 aliphatic rings. The minimum absolute atomic E-state index is 0.121. The number of amides is 1. The van der Waals surface area contributed by atoms with Gasteiger partial charge in [0.2, 0.25) is 11.7 Å². The largest absolute Gasteiger partial charge is 0.486 e. The number of halogens is 1. The van der Waals surface area contributed by atoms with E-state index in [1.807, 2.05) is 41.0 Å². The van der Waals surface area contributed by atoms with Crippen LogP contribution in [0.3, 0.4) is 0 Å². The third-order valence-electron chi connectivity index (χ3n) is 4.88. The number of ether oxygens (including phenoxy) is 2. The monoisotopic (exact) mass is 482 g/mol. The van der Waals surface area contributed by atoms with Gasteiger partial charge in [0.1, 0.15) is 13.2 Å². The molecule has 0 spiro atoms. The summed E-state index contributed by atoms with van der Waals surface area (Å²) in [4.78, 5) is 12.7. The van der Waals surface area contributed by atoms with Crippen molar-refractivity contribution in [1.29, 1.82) is 0 Å². The number of furan rings is 1. The highest BCUT2D eigenvalue weighted by Crippen LogP contribution is 2.38. The van der Waals surface area contributed by atoms with Gasteiger partial charge in [-0.25, -0.2) is 0 Å². The summed E-state index contributed by atoms with van der Waals surface area (Å²) in [5.41, 5.74) is 1.55. The van der Waals surface area contributed by atoms with Crippen molar-refractivity contribution >= 4 is 35.0 Å². The molecule has 10 heteroatoms. The first kappa shape index (κ1) is 21.4. The molecule has 1 amide bonds. The third kappa shape index (κ3) is 4.84. The molecule has 0 bridgehead atoms. The zero-order chi connectivity index (χ0) is 22.6. The van der Waals surface area contributed by atoms with Gasteiger partial charge in [-0.1, -0.05) is 53.7 Å². The predicted molar refractivity (Wildman–Crippen MR) is 125 cm³/mol. The Labute approximate surface area is 198 Å². The fourth-order valence-electron chi connectivity index (χ4n) is 3.37. The van der Waals surface area contributed by atoms with Crippen LogP contribution in [0.1, 0.15) is 5.56 Å². The van der Waals surface area contributed by atoms with Crippen molar-refractivity contribution in [2.45, 2.75) is 11.7 Å². The molecule has 4 aromatic rings. The molecule has 0 fully saturated rings. The summed E-state index contributed by atoms with van der Waals surface area (Å²) in [6.07, 6.45) is 1.59. The fraction of sp³-hybridized carbons (Fsp3) is 0.174. The first-order valence-corrected chi connectivity index (χ1v) is 11.6. The Balaban J connectivity index is 1.32. The Morgan fingerprint density at radius 2 is 1.85 bits per heavy atom. The Kier molecular flexibility index (Phi) is 6.23. The van der Waals surface area contributed by atoms with Gasteiger partial charge in [-0.05, 0) is 17.7 Å². The maximum atomic E-state index is 12.7. The van der Waals surface area contributed by atoms with Crippen LogP contribution in [0.5, 0.6) is 11.5 Å². The van der Waals surface area contributed by atoms with Gasteiger partial charge in [0.25, 0.3) is 0 Å². The molecule has 1 aliphatic heterocycles. The van der Waals surface area contributed by atoms with Crippen LogP contribution in [-0.4, -0.2) is 39.6 Å². The van der Waals surface area contributed by atoms with E-state index in [9.17, 15) is 4.79 Å². The van der Waals surface area contributed by atoms with Crippen LogP contribution >= 0.6 is 23.4 Å². The van der Waals surface area contributed by atoms with Gasteiger partial charge in [-0.3, -0.25) is 9.36 Å². The minimum Gasteiger partial charge on any atom is -0.486 e. The Bertz CT molecular complexity index is 1260. The van der Waals surface area contributed by atoms with E-state index >= 15 is 0 Å². The molecule has 8 nitrogen and oxygen atoms in total. The smallest absolute Gasteiger partial charge is 0.234 e. The summed E-state index contributed by atoms with van der Waals surface area (Å²) in [5.74, 6) is 2.22. The van der Waals surface area contributed by atoms with Crippen LogP contribution in [0.4, 0.5) is 5.69 Å². The second-order valence-corrected chi connectivity index (χ2v) is 8.52. The summed E-state index contributed by atoms with van der Waals surface area (Å²) in [5, 5.41) is 12.4. The Hall–Kier alpha value is -3.43. The lowest BCUT2D eigenvalue weighted by molar-refractivity contribution is -0.113. The summed E-state index contributed by atoms with van der Waals surface area (Å²) in [6.45, 7) is 1.46. The lowest BCUT2D eigenvalue weighted by atomic mass is 10.2. The van der Waals surface area contributed by atoms with Gasteiger partial charge in [-0.15, -0.1) is 10.2 Å². The summed E-state index contributed by atoms with van der Waals surface area (Å²) < 4.78 is 18.5. The molecule has 0 atom stereocenters. The van der Waals surface area contributed by atoms with Crippen molar-refractivity contribution in [2.75, 3.05) is 24.3 Å². The van der Waals surface area contributed by atoms with Gasteiger partial charge >= 0.3 is 0 Å². The summed E-state index contributed by atoms with van der Waals surface area (Å²) in [7, 11) is 0. The van der Waals surface area contributed by atoms with Crippen molar-refractivity contribution in [3.8, 4) is 23.1 Å². The van der Waals surface area contributed by atoms with Crippen molar-refractivity contribution in [1.82, 2.24) is 14.8 Å². The van der Waals surface area contributed by atoms with Gasteiger partial charge in [0, 0.05) is 12.1 Å². The highest BCUT2D eigenvalue weighted by molar-refractivity contribution is 7.99. The molecule has 1 N–H and O–H groups in total. The van der Waals surface area contributed by atoms with Gasteiger partial charge in [0.15, 0.2) is 22.4 Å². The van der Waals surface area contributed by atoms with Crippen LogP contribution in [0, 0.1) is 0 Å². The molecule has 0 saturated carbocycles. The number of anilines is 1. The lowest BCUT2D eigenvalue weighted by Gasteiger charge is -2.20. The number of hydrogen-bond acceptors (Lipinski definition) is 7. The quantitative estimate of drug-likeness (QED) is 0.380. The number of nitrogens with zero attached hydrogens (tertiary/aromatic N) is 3. The van der Waals surface area contributed by atoms with E-state index in [2.05, 4.69) is 15.5 Å². The van der Waals surface area contributed by atoms with E-state index in [4.69, 9.17) is 25.5 Å². The third-order valence-corrected chi connectivity index (χ3v) is 6.16. The molecule has 2 aromatic carbocycles. The topological polar surface area (TPSA) is 91.4 Å². The number of aromatic nitrogens is 3. The average Bonchev–Trinajstić information content (AvgIpc) is 3.49. The molecular formula is C23H19ClN4O4S. The average molecular weight is 483 g/mol. The van der Waals surface area contributed by atoms with Crippen LogP contribution in [0.25, 0.3) is 11.6 Å². The first-order valence-electron chi connectivity index (χ1n) is 10.2. The summed E-state index contributed by atoms with van der Waals surface area (Å²) >= 11 is 7.59. The Morgan fingerprint density at radius 3 is 2.61 bits per heavy atom. The van der Waals surface area contributed by atoms with Crippen molar-refractivity contribution < 1.29 is 18.7 Å². The molecule has 0 aliphatic carbocycles. The summed E-state index contributed by atoms with van der Waals surface area (Å²) in [6, 6.07) is 16.9. The molecule has 0 radical (unpaired) electrons. The first-order chi connectivity index (χ1) is 16.2. The van der Waals surface area contributed by atoms with Crippen LogP contribution < -0.4 is 14.8 Å². The minimum atomic E-state index is -0.229. The van der Waals surface area contributed by atoms with E-state index in [1.165, 1.54) is 11.8 Å². The van der Waals surface area contributed by atoms with Gasteiger partial charge in [-0.2, -0.15) is 0 Å². The van der Waals surface area contributed by atoms with Crippen LogP contribution in [-0.2, 0) is 11.3 Å². The van der Waals surface area contributed by atoms with E-state index in [1.54, 1.807) is 24.5 Å². The number of fused-ring (bicyclic) bond motifs is 1. The zero-order valence-electron chi connectivity index (χ0n) is 17.4. The number of rotatable bonds is 7. The SMILES string of the molecule is O=C(CSc1nnc(-c2ccco2)n1Cc1ccccc1)Nc1cc2c(cc1Cl)OCCO2. The standard InChI is InChI=1S/C23H19ClN4O4S/c24-16-11-19-20(32-10-9-31-19)12-17(16)25-21(29)14-33-23-27-26-22(18-7-4-8-30-18)28(23)13-15-5-2-1-3-6-15/h1-8,11-12H,9-10,13-14H2,(H,25,29). The number of carbonyl (C=O) groups is 1. The van der Waals surface area contributed by atoms with Crippen molar-refractivity contribution in [3.63, 3.8) is 0 Å². The normalized spacial score (nSPS) is 12.5. The number of thioether (sulfide) groups is 1. The Morgan fingerprint density at radius 1 is 1.06 bits per heavy atom. The zero-order valence-corrected chi connectivity index (χ0v) is 18.9. The van der Waals surface area contributed by atoms with Crippen molar-refractivity contribution in [3.05, 3.63) is 71.4 Å². The molecule has 3 heterocycles. The number of hydrogen-bond donors (Lipinski definition) is 1. The molecule has 0 unspecified atom stereocenters. The predicted octanol–water partition coefficient (Wildman–Crippen LogP) is 4.74. The number of benzene rings is 2. The molecule has 33 heavy (non-hydrogen) atoms. The van der Waals surface area contributed by atoms with E-state index in [-0.39, 0.29) is 11.7 Å². The number of nitrogens with one attached hydrogen (secondary N) is 1. The molecule has 168 valence electrons. The van der Waals surface area contributed by atoms with E-state index < -0.39 is 0 Å². The second-order valence-electron chi connectivity index (χ2n) is 7.17. The number of carbonyl (C=O) groups excluding carboxylic acids is 1. The van der Waals surface area contributed by atoms with Crippen molar-refractivity contribution in [2.24, 2.45) is 0 Å². The molecule has 5 rings (SSSR count). The van der Waals surface area contributed by atoms with Gasteiger partial charge < -0.3 is 19.2 Å². The molecular weight excluding hydrogens is 464 g/mol. The highest BCUT2D eigenvalue weighted by Gasteiger charge is 2.19. The fourth-order valence-corrected chi connectivity index (χ4v) is 4.31. The van der Waals surface area contributed by atoms with E-state index in [0.717, 1.165) is 5.56 Å². The van der Waals surface area contributed by atoms with Crippen LogP contribution in [0.15, 0.2) is 70.4 Å². The highest BCUT2D eigenvalue weighted by atomic mass is 35.5.